The van der Waals surface area contributed by atoms with Gasteiger partial charge >= 0.3 is 7.69 Å². The average Bonchev–Trinajstić information content (AvgIpc) is 1.71. The van der Waals surface area contributed by atoms with E-state index in [9.17, 15) is 0 Å². The molecule has 8 heavy (non-hydrogen) atoms. The highest BCUT2D eigenvalue weighted by Crippen LogP contribution is 1.86. The van der Waals surface area contributed by atoms with Crippen LogP contribution in [0.2, 0.25) is 6.32 Å². The number of unbranched alkanes of at least 4 members (excludes halogenated alkanes) is 1. The van der Waals surface area contributed by atoms with Crippen LogP contribution in [0.25, 0.3) is 0 Å². The van der Waals surface area contributed by atoms with Gasteiger partial charge in [-0.05, 0) is 0 Å². The van der Waals surface area contributed by atoms with E-state index in [1.807, 2.05) is 0 Å². The van der Waals surface area contributed by atoms with Crippen LogP contribution in [0.1, 0.15) is 19.8 Å². The molecule has 0 atom stereocenters. The SMILES string of the molecule is O[B]O.[B]CCCC. The smallest absolute Gasteiger partial charge is 0.429 e. The predicted octanol–water partition coefficient (Wildman–Crippen LogP) is -0.121. The molecule has 0 saturated heterocycles. The molecule has 0 aromatic rings. The summed E-state index contributed by atoms with van der Waals surface area (Å²) in [5, 5.41) is 14.0. The standard InChI is InChI=1S/C4H9B.BH2O2/c1-2-3-4-5;2-1-3/h2-4H2,1H3;2-3H. The molecule has 0 heterocycles. The van der Waals surface area contributed by atoms with Crippen molar-refractivity contribution in [2.24, 2.45) is 0 Å². The molecule has 0 aliphatic heterocycles. The Bertz CT molecular complexity index is 26.0. The fourth-order valence-electron chi connectivity index (χ4n) is 0.204. The van der Waals surface area contributed by atoms with E-state index in [2.05, 4.69) is 6.92 Å². The van der Waals surface area contributed by atoms with Gasteiger partial charge in [0.25, 0.3) is 0 Å². The highest BCUT2D eigenvalue weighted by atomic mass is 16.4. The van der Waals surface area contributed by atoms with Crippen LogP contribution >= 0.6 is 0 Å². The minimum atomic E-state index is 0. The molecule has 0 bridgehead atoms. The minimum absolute atomic E-state index is 0. The normalized spacial score (nSPS) is 6.88. The van der Waals surface area contributed by atoms with Crippen molar-refractivity contribution in [3.05, 3.63) is 0 Å². The van der Waals surface area contributed by atoms with E-state index < -0.39 is 0 Å². The molecule has 0 aromatic carbocycles. The van der Waals surface area contributed by atoms with Crippen molar-refractivity contribution in [2.45, 2.75) is 26.1 Å². The van der Waals surface area contributed by atoms with E-state index in [1.54, 1.807) is 0 Å². The van der Waals surface area contributed by atoms with Gasteiger partial charge in [-0.1, -0.05) is 26.1 Å². The van der Waals surface area contributed by atoms with E-state index in [-0.39, 0.29) is 7.69 Å². The molecule has 0 spiro atoms. The Hall–Kier alpha value is 0.0499. The summed E-state index contributed by atoms with van der Waals surface area (Å²) in [6, 6.07) is 0. The summed E-state index contributed by atoms with van der Waals surface area (Å²) in [4.78, 5) is 0. The maximum Gasteiger partial charge on any atom is 0.482 e. The summed E-state index contributed by atoms with van der Waals surface area (Å²) < 4.78 is 0. The molecule has 3 radical (unpaired) electrons. The maximum absolute atomic E-state index is 7.00. The third-order valence-corrected chi connectivity index (χ3v) is 0.558. The second-order valence-corrected chi connectivity index (χ2v) is 1.26. The van der Waals surface area contributed by atoms with Crippen molar-refractivity contribution in [1.29, 1.82) is 0 Å². The fourth-order valence-corrected chi connectivity index (χ4v) is 0.204. The van der Waals surface area contributed by atoms with Gasteiger partial charge in [0.2, 0.25) is 0 Å². The summed E-state index contributed by atoms with van der Waals surface area (Å²) in [5.41, 5.74) is 0. The van der Waals surface area contributed by atoms with Crippen molar-refractivity contribution in [3.63, 3.8) is 0 Å². The highest BCUT2D eigenvalue weighted by molar-refractivity contribution is 6.13. The Morgan fingerprint density at radius 3 is 1.88 bits per heavy atom. The molecular weight excluding hydrogens is 102 g/mol. The largest absolute Gasteiger partial charge is 0.482 e. The van der Waals surface area contributed by atoms with E-state index >= 15 is 0 Å². The fraction of sp³-hybridized carbons (Fsp3) is 1.00. The van der Waals surface area contributed by atoms with Crippen LogP contribution in [-0.4, -0.2) is 25.6 Å². The minimum Gasteiger partial charge on any atom is -0.429 e. The first-order valence-electron chi connectivity index (χ1n) is 2.63. The molecule has 0 saturated carbocycles. The van der Waals surface area contributed by atoms with Crippen molar-refractivity contribution >= 4 is 15.5 Å². The van der Waals surface area contributed by atoms with Gasteiger partial charge in [-0.15, -0.1) is 0 Å². The molecular formula is C4H11B2O2. The second-order valence-electron chi connectivity index (χ2n) is 1.26. The van der Waals surface area contributed by atoms with Crippen molar-refractivity contribution in [1.82, 2.24) is 0 Å². The maximum atomic E-state index is 7.00. The predicted molar refractivity (Wildman–Crippen MR) is 35.7 cm³/mol. The van der Waals surface area contributed by atoms with E-state index in [4.69, 9.17) is 17.9 Å². The lowest BCUT2D eigenvalue weighted by Gasteiger charge is -1.79. The van der Waals surface area contributed by atoms with E-state index in [1.165, 1.54) is 12.8 Å². The van der Waals surface area contributed by atoms with Gasteiger partial charge in [-0.2, -0.15) is 0 Å². The molecule has 2 nitrogen and oxygen atoms in total. The molecule has 45 valence electrons. The van der Waals surface area contributed by atoms with Crippen LogP contribution in [0.15, 0.2) is 0 Å². The Balaban J connectivity index is 0. The zero-order chi connectivity index (χ0) is 6.83. The van der Waals surface area contributed by atoms with Crippen LogP contribution in [0.3, 0.4) is 0 Å². The number of hydrogen-bond acceptors (Lipinski definition) is 2. The third kappa shape index (κ3) is 36.7. The quantitative estimate of drug-likeness (QED) is 0.489. The molecule has 0 aromatic heterocycles. The van der Waals surface area contributed by atoms with Gasteiger partial charge in [0.05, 0.1) is 7.85 Å². The monoisotopic (exact) mass is 113 g/mol. The van der Waals surface area contributed by atoms with Gasteiger partial charge in [-0.25, -0.2) is 0 Å². The number of rotatable bonds is 2. The van der Waals surface area contributed by atoms with Crippen LogP contribution in [0.5, 0.6) is 0 Å². The Morgan fingerprint density at radius 2 is 1.88 bits per heavy atom. The molecule has 0 rings (SSSR count). The highest BCUT2D eigenvalue weighted by Gasteiger charge is 1.68. The summed E-state index contributed by atoms with van der Waals surface area (Å²) in [6.45, 7) is 2.13. The lowest BCUT2D eigenvalue weighted by molar-refractivity contribution is 0.448. The topological polar surface area (TPSA) is 40.5 Å². The van der Waals surface area contributed by atoms with Gasteiger partial charge in [0.1, 0.15) is 0 Å². The number of hydrogen-bond donors (Lipinski definition) is 2. The van der Waals surface area contributed by atoms with Gasteiger partial charge in [-0.3, -0.25) is 0 Å². The Morgan fingerprint density at radius 1 is 1.50 bits per heavy atom. The lowest BCUT2D eigenvalue weighted by Crippen LogP contribution is -1.75. The molecule has 0 unspecified atom stereocenters. The second kappa shape index (κ2) is 15.7. The van der Waals surface area contributed by atoms with Gasteiger partial charge < -0.3 is 10.0 Å². The zero-order valence-electron chi connectivity index (χ0n) is 5.17. The van der Waals surface area contributed by atoms with Gasteiger partial charge in [0.15, 0.2) is 0 Å². The Kier molecular flexibility index (Phi) is 21.5. The molecule has 0 fully saturated rings. The molecule has 2 N–H and O–H groups in total. The molecule has 4 heteroatoms. The average molecular weight is 113 g/mol. The van der Waals surface area contributed by atoms with Crippen LogP contribution < -0.4 is 0 Å². The Labute approximate surface area is 52.6 Å². The summed E-state index contributed by atoms with van der Waals surface area (Å²) in [6.07, 6.45) is 3.23. The summed E-state index contributed by atoms with van der Waals surface area (Å²) in [5.74, 6) is 0. The summed E-state index contributed by atoms with van der Waals surface area (Å²) >= 11 is 0. The molecule has 0 aliphatic carbocycles. The lowest BCUT2D eigenvalue weighted by atomic mass is 10.0. The van der Waals surface area contributed by atoms with Crippen LogP contribution in [0.4, 0.5) is 0 Å². The third-order valence-electron chi connectivity index (χ3n) is 0.558. The first kappa shape index (κ1) is 10.9. The van der Waals surface area contributed by atoms with E-state index in [0.29, 0.717) is 0 Å². The first-order chi connectivity index (χ1) is 3.83. The van der Waals surface area contributed by atoms with Crippen LogP contribution in [0, 0.1) is 0 Å². The van der Waals surface area contributed by atoms with Crippen molar-refractivity contribution in [3.8, 4) is 0 Å². The molecule has 0 amide bonds. The first-order valence-corrected chi connectivity index (χ1v) is 2.63. The summed E-state index contributed by atoms with van der Waals surface area (Å²) in [7, 11) is 5.14. The molecule has 0 aliphatic rings. The van der Waals surface area contributed by atoms with Crippen molar-refractivity contribution in [2.75, 3.05) is 0 Å². The zero-order valence-corrected chi connectivity index (χ0v) is 5.17. The van der Waals surface area contributed by atoms with Crippen molar-refractivity contribution < 1.29 is 10.0 Å². The van der Waals surface area contributed by atoms with Crippen LogP contribution in [-0.2, 0) is 0 Å². The van der Waals surface area contributed by atoms with Gasteiger partial charge in [0, 0.05) is 0 Å². The van der Waals surface area contributed by atoms with E-state index in [0.717, 1.165) is 6.32 Å².